The van der Waals surface area contributed by atoms with Crippen molar-refractivity contribution in [2.24, 2.45) is 5.41 Å². The van der Waals surface area contributed by atoms with Gasteiger partial charge in [-0.25, -0.2) is 4.98 Å². The number of anilines is 1. The molecule has 0 aliphatic heterocycles. The Hall–Kier alpha value is -2.82. The number of rotatable bonds is 6. The van der Waals surface area contributed by atoms with Gasteiger partial charge in [-0.05, 0) is 38.3 Å². The van der Waals surface area contributed by atoms with E-state index in [2.05, 4.69) is 30.5 Å². The van der Waals surface area contributed by atoms with Crippen molar-refractivity contribution in [3.63, 3.8) is 0 Å². The van der Waals surface area contributed by atoms with Gasteiger partial charge in [0.25, 0.3) is 0 Å². The Labute approximate surface area is 180 Å². The van der Waals surface area contributed by atoms with E-state index >= 15 is 0 Å². The maximum absolute atomic E-state index is 13.3. The van der Waals surface area contributed by atoms with E-state index in [1.165, 1.54) is 17.4 Å². The SMILES string of the molecule is Cc1ccc([C@H]2C[C@]23C[C@H]3Oc2cc(NCc3nnc(C)s3)nc(C(F)(F)F)n2)nc1. The van der Waals surface area contributed by atoms with Gasteiger partial charge < -0.3 is 10.1 Å². The van der Waals surface area contributed by atoms with Gasteiger partial charge >= 0.3 is 6.18 Å². The summed E-state index contributed by atoms with van der Waals surface area (Å²) >= 11 is 1.36. The van der Waals surface area contributed by atoms with Crippen LogP contribution in [0.25, 0.3) is 0 Å². The zero-order chi connectivity index (χ0) is 21.8. The molecule has 0 saturated heterocycles. The number of nitrogens with one attached hydrogen (secondary N) is 1. The van der Waals surface area contributed by atoms with Crippen LogP contribution in [-0.2, 0) is 12.7 Å². The van der Waals surface area contributed by atoms with E-state index in [-0.39, 0.29) is 35.7 Å². The first-order valence-corrected chi connectivity index (χ1v) is 10.6. The van der Waals surface area contributed by atoms with Crippen molar-refractivity contribution < 1.29 is 17.9 Å². The minimum atomic E-state index is -4.68. The van der Waals surface area contributed by atoms with E-state index in [4.69, 9.17) is 4.74 Å². The highest BCUT2D eigenvalue weighted by atomic mass is 32.1. The first-order valence-electron chi connectivity index (χ1n) is 9.81. The summed E-state index contributed by atoms with van der Waals surface area (Å²) < 4.78 is 45.8. The molecule has 5 rings (SSSR count). The van der Waals surface area contributed by atoms with Gasteiger partial charge in [0.15, 0.2) is 0 Å². The Morgan fingerprint density at radius 1 is 1.19 bits per heavy atom. The number of hydrogen-bond donors (Lipinski definition) is 1. The van der Waals surface area contributed by atoms with Gasteiger partial charge in [-0.2, -0.15) is 18.2 Å². The summed E-state index contributed by atoms with van der Waals surface area (Å²) in [6.07, 6.45) is -1.31. The van der Waals surface area contributed by atoms with E-state index in [0.717, 1.165) is 29.1 Å². The molecule has 2 aliphatic rings. The highest BCUT2D eigenvalue weighted by Gasteiger charge is 2.73. The molecule has 3 atom stereocenters. The molecule has 162 valence electrons. The second-order valence-electron chi connectivity index (χ2n) is 8.04. The predicted molar refractivity (Wildman–Crippen MR) is 107 cm³/mol. The molecular formula is C20H19F3N6OS. The average molecular weight is 448 g/mol. The largest absolute Gasteiger partial charge is 0.474 e. The molecule has 2 aliphatic carbocycles. The highest BCUT2D eigenvalue weighted by molar-refractivity contribution is 7.11. The van der Waals surface area contributed by atoms with E-state index in [9.17, 15) is 13.2 Å². The topological polar surface area (TPSA) is 85.7 Å². The number of alkyl halides is 3. The molecule has 1 N–H and O–H groups in total. The van der Waals surface area contributed by atoms with Crippen molar-refractivity contribution in [2.45, 2.75) is 51.4 Å². The monoisotopic (exact) mass is 448 g/mol. The van der Waals surface area contributed by atoms with Crippen LogP contribution in [0.2, 0.25) is 0 Å². The summed E-state index contributed by atoms with van der Waals surface area (Å²) in [5.74, 6) is -1.00. The molecular weight excluding hydrogens is 429 g/mol. The van der Waals surface area contributed by atoms with Crippen molar-refractivity contribution in [2.75, 3.05) is 5.32 Å². The number of halogens is 3. The third kappa shape index (κ3) is 4.06. The lowest BCUT2D eigenvalue weighted by Gasteiger charge is -2.12. The molecule has 0 radical (unpaired) electrons. The van der Waals surface area contributed by atoms with Gasteiger partial charge in [-0.15, -0.1) is 10.2 Å². The Balaban J connectivity index is 1.30. The lowest BCUT2D eigenvalue weighted by molar-refractivity contribution is -0.145. The lowest BCUT2D eigenvalue weighted by atomic mass is 10.2. The van der Waals surface area contributed by atoms with Crippen LogP contribution in [0.5, 0.6) is 5.88 Å². The maximum Gasteiger partial charge on any atom is 0.451 e. The number of nitrogens with zero attached hydrogens (tertiary/aromatic N) is 5. The summed E-state index contributed by atoms with van der Waals surface area (Å²) in [4.78, 5) is 11.7. The van der Waals surface area contributed by atoms with E-state index in [1.54, 1.807) is 0 Å². The van der Waals surface area contributed by atoms with Gasteiger partial charge in [-0.1, -0.05) is 17.4 Å². The molecule has 2 saturated carbocycles. The molecule has 3 aromatic rings. The highest BCUT2D eigenvalue weighted by Crippen LogP contribution is 2.75. The summed E-state index contributed by atoms with van der Waals surface area (Å²) in [7, 11) is 0. The standard InChI is InChI=1S/C20H19F3N6OS/c1-10-3-4-13(24-8-10)12-6-19(12)7-14(19)30-16-5-15(26-18(27-16)20(21,22)23)25-9-17-29-28-11(2)31-17/h3-5,8,12,14H,6-7,9H2,1-2H3,(H,25,26,27)/t12-,14-,19+/m1/s1. The minimum absolute atomic E-state index is 0.0347. The smallest absolute Gasteiger partial charge is 0.451 e. The Morgan fingerprint density at radius 3 is 2.71 bits per heavy atom. The van der Waals surface area contributed by atoms with E-state index in [0.29, 0.717) is 5.01 Å². The quantitative estimate of drug-likeness (QED) is 0.602. The van der Waals surface area contributed by atoms with Crippen LogP contribution in [0.1, 0.15) is 45.9 Å². The zero-order valence-electron chi connectivity index (χ0n) is 16.8. The van der Waals surface area contributed by atoms with Crippen molar-refractivity contribution in [3.05, 3.63) is 51.5 Å². The van der Waals surface area contributed by atoms with Crippen molar-refractivity contribution in [3.8, 4) is 5.88 Å². The molecule has 3 heterocycles. The molecule has 0 amide bonds. The van der Waals surface area contributed by atoms with Crippen LogP contribution in [0.15, 0.2) is 24.4 Å². The van der Waals surface area contributed by atoms with E-state index in [1.807, 2.05) is 32.2 Å². The minimum Gasteiger partial charge on any atom is -0.474 e. The fraction of sp³-hybridized carbons (Fsp3) is 0.450. The first kappa shape index (κ1) is 20.1. The molecule has 7 nitrogen and oxygen atoms in total. The third-order valence-electron chi connectivity index (χ3n) is 5.66. The van der Waals surface area contributed by atoms with Crippen LogP contribution < -0.4 is 10.1 Å². The summed E-state index contributed by atoms with van der Waals surface area (Å²) in [6.45, 7) is 4.00. The molecule has 3 aromatic heterocycles. The van der Waals surface area contributed by atoms with Gasteiger partial charge in [0.2, 0.25) is 11.7 Å². The predicted octanol–water partition coefficient (Wildman–Crippen LogP) is 4.30. The van der Waals surface area contributed by atoms with Gasteiger partial charge in [0.1, 0.15) is 21.9 Å². The molecule has 2 fully saturated rings. The fourth-order valence-electron chi connectivity index (χ4n) is 3.86. The molecule has 0 aromatic carbocycles. The Kier molecular flexibility index (Phi) is 4.61. The van der Waals surface area contributed by atoms with Crippen LogP contribution in [0, 0.1) is 19.3 Å². The second kappa shape index (κ2) is 7.11. The number of pyridine rings is 1. The maximum atomic E-state index is 13.3. The Bertz CT molecular complexity index is 1120. The van der Waals surface area contributed by atoms with Crippen LogP contribution in [-0.4, -0.2) is 31.3 Å². The van der Waals surface area contributed by atoms with Gasteiger partial charge in [0, 0.05) is 29.3 Å². The van der Waals surface area contributed by atoms with Crippen LogP contribution in [0.3, 0.4) is 0 Å². The number of aryl methyl sites for hydroxylation is 2. The van der Waals surface area contributed by atoms with E-state index < -0.39 is 12.0 Å². The van der Waals surface area contributed by atoms with Crippen molar-refractivity contribution >= 4 is 17.2 Å². The van der Waals surface area contributed by atoms with Crippen LogP contribution in [0.4, 0.5) is 19.0 Å². The number of ether oxygens (including phenoxy) is 1. The van der Waals surface area contributed by atoms with Crippen molar-refractivity contribution in [1.29, 1.82) is 0 Å². The number of hydrogen-bond acceptors (Lipinski definition) is 8. The van der Waals surface area contributed by atoms with Crippen molar-refractivity contribution in [1.82, 2.24) is 25.1 Å². The molecule has 1 spiro atoms. The average Bonchev–Trinajstić information content (AvgIpc) is 3.56. The summed E-state index contributed by atoms with van der Waals surface area (Å²) in [5.41, 5.74) is 2.06. The summed E-state index contributed by atoms with van der Waals surface area (Å²) in [5, 5.41) is 12.1. The summed E-state index contributed by atoms with van der Waals surface area (Å²) in [6, 6.07) is 5.43. The second-order valence-corrected chi connectivity index (χ2v) is 9.31. The molecule has 0 unspecified atom stereocenters. The van der Waals surface area contributed by atoms with Gasteiger partial charge in [-0.3, -0.25) is 4.98 Å². The Morgan fingerprint density at radius 2 is 2.03 bits per heavy atom. The number of aromatic nitrogens is 5. The third-order valence-corrected chi connectivity index (χ3v) is 6.50. The van der Waals surface area contributed by atoms with Gasteiger partial charge in [0.05, 0.1) is 6.54 Å². The molecule has 31 heavy (non-hydrogen) atoms. The molecule has 11 heteroatoms. The zero-order valence-corrected chi connectivity index (χ0v) is 17.6. The normalized spacial score (nSPS) is 24.3. The fourth-order valence-corrected chi connectivity index (χ4v) is 4.50. The first-order chi connectivity index (χ1) is 14.7. The molecule has 0 bridgehead atoms. The van der Waals surface area contributed by atoms with Crippen LogP contribution >= 0.6 is 11.3 Å². The lowest BCUT2D eigenvalue weighted by Crippen LogP contribution is -2.15.